The molecule has 2 rings (SSSR count). The molecule has 1 aromatic rings. The lowest BCUT2D eigenvalue weighted by atomic mass is 9.84. The lowest BCUT2D eigenvalue weighted by Gasteiger charge is -2.32. The van der Waals surface area contributed by atoms with Crippen LogP contribution in [0.15, 0.2) is 4.52 Å². The zero-order valence-electron chi connectivity index (χ0n) is 11.3. The van der Waals surface area contributed by atoms with Crippen LogP contribution in [-0.2, 0) is 16.8 Å². The predicted molar refractivity (Wildman–Crippen MR) is 68.0 cm³/mol. The van der Waals surface area contributed by atoms with Gasteiger partial charge < -0.3 is 15.0 Å². The van der Waals surface area contributed by atoms with E-state index in [4.69, 9.17) is 15.0 Å². The molecule has 102 valence electrons. The van der Waals surface area contributed by atoms with Crippen molar-refractivity contribution in [1.82, 2.24) is 10.1 Å². The molecule has 0 amide bonds. The van der Waals surface area contributed by atoms with Gasteiger partial charge in [0, 0.05) is 13.5 Å². The molecule has 0 radical (unpaired) electrons. The number of ether oxygens (including phenoxy) is 1. The van der Waals surface area contributed by atoms with Crippen LogP contribution in [0.4, 0.5) is 0 Å². The molecule has 0 aromatic carbocycles. The number of methoxy groups -OCH3 is 1. The fourth-order valence-corrected chi connectivity index (χ4v) is 2.55. The first-order chi connectivity index (χ1) is 8.70. The fourth-order valence-electron chi connectivity index (χ4n) is 2.55. The minimum absolute atomic E-state index is 0.327. The summed E-state index contributed by atoms with van der Waals surface area (Å²) < 4.78 is 11.0. The first-order valence-corrected chi connectivity index (χ1v) is 6.78. The summed E-state index contributed by atoms with van der Waals surface area (Å²) in [5.41, 5.74) is 5.28. The topological polar surface area (TPSA) is 74.2 Å². The van der Waals surface area contributed by atoms with Gasteiger partial charge in [0.1, 0.15) is 5.60 Å². The molecule has 1 saturated carbocycles. The van der Waals surface area contributed by atoms with Crippen molar-refractivity contribution in [3.63, 3.8) is 0 Å². The van der Waals surface area contributed by atoms with E-state index in [1.807, 2.05) is 0 Å². The number of hydrogen-bond donors (Lipinski definition) is 1. The van der Waals surface area contributed by atoms with Gasteiger partial charge in [-0.1, -0.05) is 31.3 Å². The maximum atomic E-state index is 5.70. The van der Waals surface area contributed by atoms with Crippen LogP contribution in [0.1, 0.15) is 50.7 Å². The molecule has 0 aliphatic heterocycles. The van der Waals surface area contributed by atoms with Crippen LogP contribution in [-0.4, -0.2) is 23.8 Å². The molecule has 5 nitrogen and oxygen atoms in total. The normalized spacial score (nSPS) is 20.8. The summed E-state index contributed by atoms with van der Waals surface area (Å²) in [4.78, 5) is 4.51. The Morgan fingerprint density at radius 2 is 2.11 bits per heavy atom. The second kappa shape index (κ2) is 5.80. The van der Waals surface area contributed by atoms with Crippen LogP contribution in [0.5, 0.6) is 0 Å². The molecule has 1 unspecified atom stereocenters. The Balaban J connectivity index is 2.12. The van der Waals surface area contributed by atoms with Crippen molar-refractivity contribution in [2.75, 3.05) is 13.7 Å². The first kappa shape index (κ1) is 13.5. The predicted octanol–water partition coefficient (Wildman–Crippen LogP) is 2.01. The van der Waals surface area contributed by atoms with Gasteiger partial charge in [-0.15, -0.1) is 0 Å². The van der Waals surface area contributed by atoms with E-state index in [-0.39, 0.29) is 5.60 Å². The van der Waals surface area contributed by atoms with Crippen molar-refractivity contribution in [2.24, 2.45) is 11.7 Å². The lowest BCUT2D eigenvalue weighted by Crippen LogP contribution is -2.32. The highest BCUT2D eigenvalue weighted by Crippen LogP contribution is 2.38. The van der Waals surface area contributed by atoms with Crippen molar-refractivity contribution < 1.29 is 9.26 Å². The lowest BCUT2D eigenvalue weighted by molar-refractivity contribution is -0.0527. The van der Waals surface area contributed by atoms with Gasteiger partial charge in [0.15, 0.2) is 0 Å². The number of rotatable bonds is 5. The van der Waals surface area contributed by atoms with E-state index < -0.39 is 0 Å². The fraction of sp³-hybridized carbons (Fsp3) is 0.846. The molecule has 1 aliphatic carbocycles. The monoisotopic (exact) mass is 253 g/mol. The van der Waals surface area contributed by atoms with Gasteiger partial charge in [-0.05, 0) is 25.3 Å². The van der Waals surface area contributed by atoms with Crippen molar-refractivity contribution in [1.29, 1.82) is 0 Å². The second-order valence-electron chi connectivity index (χ2n) is 5.32. The van der Waals surface area contributed by atoms with Gasteiger partial charge in [0.05, 0.1) is 0 Å². The van der Waals surface area contributed by atoms with E-state index in [0.29, 0.717) is 24.2 Å². The molecule has 1 aromatic heterocycles. The molecule has 2 N–H and O–H groups in total. The van der Waals surface area contributed by atoms with Crippen molar-refractivity contribution >= 4 is 0 Å². The molecule has 0 spiro atoms. The van der Waals surface area contributed by atoms with Crippen LogP contribution in [0, 0.1) is 5.92 Å². The standard InChI is InChI=1S/C13H23N3O2/c1-10(9-14)8-11-15-12(16-18-11)13(17-2)6-4-3-5-7-13/h10H,3-9,14H2,1-2H3. The van der Waals surface area contributed by atoms with Gasteiger partial charge in [0.25, 0.3) is 0 Å². The van der Waals surface area contributed by atoms with E-state index in [0.717, 1.165) is 32.1 Å². The van der Waals surface area contributed by atoms with Crippen LogP contribution in [0.25, 0.3) is 0 Å². The summed E-state index contributed by atoms with van der Waals surface area (Å²) in [6.45, 7) is 2.71. The Hall–Kier alpha value is -0.940. The SMILES string of the molecule is COC1(c2noc(CC(C)CN)n2)CCCCC1. The van der Waals surface area contributed by atoms with E-state index in [2.05, 4.69) is 17.1 Å². The molecular weight excluding hydrogens is 230 g/mol. The third-order valence-corrected chi connectivity index (χ3v) is 3.85. The molecule has 0 saturated heterocycles. The van der Waals surface area contributed by atoms with Gasteiger partial charge in [-0.25, -0.2) is 0 Å². The van der Waals surface area contributed by atoms with E-state index in [1.54, 1.807) is 7.11 Å². The largest absolute Gasteiger partial charge is 0.370 e. The molecule has 1 heterocycles. The summed E-state index contributed by atoms with van der Waals surface area (Å²) in [7, 11) is 1.74. The highest BCUT2D eigenvalue weighted by molar-refractivity contribution is 5.03. The molecule has 1 atom stereocenters. The Morgan fingerprint density at radius 3 is 2.72 bits per heavy atom. The Bertz CT molecular complexity index is 372. The zero-order chi connectivity index (χ0) is 13.0. The smallest absolute Gasteiger partial charge is 0.227 e. The minimum Gasteiger partial charge on any atom is -0.370 e. The average Bonchev–Trinajstić information content (AvgIpc) is 2.88. The highest BCUT2D eigenvalue weighted by Gasteiger charge is 2.38. The number of nitrogens with two attached hydrogens (primary N) is 1. The maximum absolute atomic E-state index is 5.70. The van der Waals surface area contributed by atoms with Gasteiger partial charge in [-0.3, -0.25) is 0 Å². The molecule has 1 aliphatic rings. The molecule has 18 heavy (non-hydrogen) atoms. The zero-order valence-corrected chi connectivity index (χ0v) is 11.3. The second-order valence-corrected chi connectivity index (χ2v) is 5.32. The van der Waals surface area contributed by atoms with Crippen LogP contribution < -0.4 is 5.73 Å². The van der Waals surface area contributed by atoms with Gasteiger partial charge in [-0.2, -0.15) is 4.98 Å². The third kappa shape index (κ3) is 2.72. The van der Waals surface area contributed by atoms with E-state index in [9.17, 15) is 0 Å². The molecule has 0 bridgehead atoms. The summed E-state index contributed by atoms with van der Waals surface area (Å²) >= 11 is 0. The average molecular weight is 253 g/mol. The number of aromatic nitrogens is 2. The molecule has 1 fully saturated rings. The van der Waals surface area contributed by atoms with Gasteiger partial charge in [0.2, 0.25) is 11.7 Å². The van der Waals surface area contributed by atoms with Crippen LogP contribution in [0.2, 0.25) is 0 Å². The van der Waals surface area contributed by atoms with Gasteiger partial charge >= 0.3 is 0 Å². The number of hydrogen-bond acceptors (Lipinski definition) is 5. The quantitative estimate of drug-likeness (QED) is 0.869. The Labute approximate surface area is 108 Å². The Morgan fingerprint density at radius 1 is 1.39 bits per heavy atom. The maximum Gasteiger partial charge on any atom is 0.227 e. The van der Waals surface area contributed by atoms with Crippen LogP contribution in [0.3, 0.4) is 0 Å². The third-order valence-electron chi connectivity index (χ3n) is 3.85. The van der Waals surface area contributed by atoms with E-state index in [1.165, 1.54) is 6.42 Å². The van der Waals surface area contributed by atoms with Crippen molar-refractivity contribution in [3.8, 4) is 0 Å². The highest BCUT2D eigenvalue weighted by atomic mass is 16.5. The van der Waals surface area contributed by atoms with Crippen molar-refractivity contribution in [3.05, 3.63) is 11.7 Å². The van der Waals surface area contributed by atoms with Crippen molar-refractivity contribution in [2.45, 2.75) is 51.0 Å². The summed E-state index contributed by atoms with van der Waals surface area (Å²) in [5.74, 6) is 1.75. The van der Waals surface area contributed by atoms with Crippen LogP contribution >= 0.6 is 0 Å². The molecular formula is C13H23N3O2. The summed E-state index contributed by atoms with van der Waals surface area (Å²) in [6.07, 6.45) is 6.29. The van der Waals surface area contributed by atoms with E-state index >= 15 is 0 Å². The summed E-state index contributed by atoms with van der Waals surface area (Å²) in [5, 5.41) is 4.12. The molecule has 5 heteroatoms. The summed E-state index contributed by atoms with van der Waals surface area (Å²) in [6, 6.07) is 0. The number of nitrogens with zero attached hydrogens (tertiary/aromatic N) is 2. The minimum atomic E-state index is -0.327. The Kier molecular flexibility index (Phi) is 4.35. The first-order valence-electron chi connectivity index (χ1n) is 6.78.